The van der Waals surface area contributed by atoms with Gasteiger partial charge in [0.2, 0.25) is 17.8 Å². The molecule has 0 saturated carbocycles. The van der Waals surface area contributed by atoms with E-state index in [2.05, 4.69) is 20.3 Å². The zero-order valence-electron chi connectivity index (χ0n) is 15.8. The van der Waals surface area contributed by atoms with Gasteiger partial charge in [-0.05, 0) is 24.3 Å². The van der Waals surface area contributed by atoms with Crippen LogP contribution in [0.4, 0.5) is 16.0 Å². The van der Waals surface area contributed by atoms with Crippen molar-refractivity contribution in [3.05, 3.63) is 35.9 Å². The van der Waals surface area contributed by atoms with Crippen LogP contribution in [0.25, 0.3) is 0 Å². The van der Waals surface area contributed by atoms with Crippen LogP contribution in [-0.2, 0) is 16.1 Å². The maximum absolute atomic E-state index is 13.1. The molecule has 0 bridgehead atoms. The third kappa shape index (κ3) is 4.33. The minimum Gasteiger partial charge on any atom is -0.467 e. The molecule has 148 valence electrons. The summed E-state index contributed by atoms with van der Waals surface area (Å²) in [5, 5.41) is 2.76. The van der Waals surface area contributed by atoms with Crippen LogP contribution in [0.1, 0.15) is 12.2 Å². The van der Waals surface area contributed by atoms with Gasteiger partial charge in [-0.1, -0.05) is 0 Å². The van der Waals surface area contributed by atoms with E-state index in [1.165, 1.54) is 36.3 Å². The zero-order valence-corrected chi connectivity index (χ0v) is 15.8. The highest BCUT2D eigenvalue weighted by atomic mass is 19.1. The number of anilines is 2. The van der Waals surface area contributed by atoms with Gasteiger partial charge in [0.1, 0.15) is 5.82 Å². The summed E-state index contributed by atoms with van der Waals surface area (Å²) >= 11 is 0. The summed E-state index contributed by atoms with van der Waals surface area (Å²) < 4.78 is 18.1. The van der Waals surface area contributed by atoms with Gasteiger partial charge in [0.05, 0.1) is 19.6 Å². The number of hydrogen-bond donors (Lipinski definition) is 1. The molecule has 1 aliphatic heterocycles. The summed E-state index contributed by atoms with van der Waals surface area (Å²) in [6.45, 7) is 0.319. The van der Waals surface area contributed by atoms with Gasteiger partial charge in [-0.2, -0.15) is 15.0 Å². The van der Waals surface area contributed by atoms with Crippen molar-refractivity contribution in [3.63, 3.8) is 0 Å². The summed E-state index contributed by atoms with van der Waals surface area (Å²) in [4.78, 5) is 40.4. The van der Waals surface area contributed by atoms with Gasteiger partial charge < -0.3 is 19.9 Å². The predicted molar refractivity (Wildman–Crippen MR) is 99.4 cm³/mol. The molecule has 10 heteroatoms. The Balaban J connectivity index is 1.63. The Kier molecular flexibility index (Phi) is 5.67. The molecule has 0 radical (unpaired) electrons. The molecule has 1 fully saturated rings. The van der Waals surface area contributed by atoms with E-state index < -0.39 is 5.92 Å². The summed E-state index contributed by atoms with van der Waals surface area (Å²) in [5.74, 6) is -0.574. The molecule has 0 aliphatic carbocycles. The number of aromatic nitrogens is 3. The number of benzene rings is 1. The van der Waals surface area contributed by atoms with Crippen molar-refractivity contribution >= 4 is 23.5 Å². The van der Waals surface area contributed by atoms with E-state index in [-0.39, 0.29) is 43.2 Å². The maximum Gasteiger partial charge on any atom is 0.321 e. The Hall–Kier alpha value is -3.30. The van der Waals surface area contributed by atoms with Crippen molar-refractivity contribution in [1.29, 1.82) is 0 Å². The predicted octanol–water partition coefficient (Wildman–Crippen LogP) is 0.755. The number of amides is 2. The quantitative estimate of drug-likeness (QED) is 0.779. The average molecular weight is 388 g/mol. The van der Waals surface area contributed by atoms with E-state index in [1.54, 1.807) is 19.0 Å². The zero-order chi connectivity index (χ0) is 20.3. The Bertz CT molecular complexity index is 874. The van der Waals surface area contributed by atoms with Crippen LogP contribution in [-0.4, -0.2) is 54.5 Å². The molecule has 1 aromatic heterocycles. The van der Waals surface area contributed by atoms with Crippen LogP contribution in [0.15, 0.2) is 24.3 Å². The number of carbonyl (C=O) groups excluding carboxylic acids is 2. The first-order chi connectivity index (χ1) is 13.4. The van der Waals surface area contributed by atoms with Crippen molar-refractivity contribution in [2.45, 2.75) is 13.0 Å². The highest BCUT2D eigenvalue weighted by Gasteiger charge is 2.35. The van der Waals surface area contributed by atoms with Gasteiger partial charge in [0.25, 0.3) is 0 Å². The average Bonchev–Trinajstić information content (AvgIpc) is 3.08. The fourth-order valence-electron chi connectivity index (χ4n) is 2.82. The van der Waals surface area contributed by atoms with Gasteiger partial charge in [-0.25, -0.2) is 4.39 Å². The molecule has 2 heterocycles. The number of nitrogens with zero attached hydrogens (tertiary/aromatic N) is 5. The number of ether oxygens (including phenoxy) is 1. The minimum absolute atomic E-state index is 0.0831. The first-order valence-electron chi connectivity index (χ1n) is 8.67. The lowest BCUT2D eigenvalue weighted by Gasteiger charge is -2.16. The fraction of sp³-hybridized carbons (Fsp3) is 0.389. The second-order valence-corrected chi connectivity index (χ2v) is 6.53. The molecule has 1 N–H and O–H groups in total. The topological polar surface area (TPSA) is 101 Å². The number of methoxy groups -OCH3 is 1. The second-order valence-electron chi connectivity index (χ2n) is 6.53. The largest absolute Gasteiger partial charge is 0.467 e. The molecule has 0 spiro atoms. The molecule has 9 nitrogen and oxygen atoms in total. The molecular formula is C18H21FN6O3. The first-order valence-corrected chi connectivity index (χ1v) is 8.67. The van der Waals surface area contributed by atoms with Crippen LogP contribution >= 0.6 is 0 Å². The number of hydrogen-bond acceptors (Lipinski definition) is 7. The first kappa shape index (κ1) is 19.5. The van der Waals surface area contributed by atoms with Gasteiger partial charge in [0, 0.05) is 32.7 Å². The van der Waals surface area contributed by atoms with Crippen molar-refractivity contribution in [2.24, 2.45) is 5.92 Å². The second kappa shape index (κ2) is 8.15. The van der Waals surface area contributed by atoms with E-state index in [0.29, 0.717) is 17.5 Å². The molecule has 28 heavy (non-hydrogen) atoms. The Labute approximate surface area is 161 Å². The number of nitrogens with one attached hydrogen (secondary N) is 1. The lowest BCUT2D eigenvalue weighted by molar-refractivity contribution is -0.126. The van der Waals surface area contributed by atoms with Crippen molar-refractivity contribution in [3.8, 4) is 6.01 Å². The van der Waals surface area contributed by atoms with Gasteiger partial charge in [0.15, 0.2) is 5.82 Å². The van der Waals surface area contributed by atoms with E-state index in [0.717, 1.165) is 0 Å². The third-order valence-corrected chi connectivity index (χ3v) is 4.29. The monoisotopic (exact) mass is 388 g/mol. The van der Waals surface area contributed by atoms with Crippen molar-refractivity contribution in [2.75, 3.05) is 37.5 Å². The smallest absolute Gasteiger partial charge is 0.321 e. The molecule has 1 aromatic carbocycles. The highest BCUT2D eigenvalue weighted by molar-refractivity contribution is 6.00. The van der Waals surface area contributed by atoms with E-state index >= 15 is 0 Å². The van der Waals surface area contributed by atoms with Crippen molar-refractivity contribution in [1.82, 2.24) is 20.3 Å². The van der Waals surface area contributed by atoms with Crippen LogP contribution in [0.5, 0.6) is 6.01 Å². The normalized spacial score (nSPS) is 16.2. The summed E-state index contributed by atoms with van der Waals surface area (Å²) in [7, 11) is 5.02. The molecule has 2 amide bonds. The van der Waals surface area contributed by atoms with Gasteiger partial charge in [-0.15, -0.1) is 0 Å². The Morgan fingerprint density at radius 2 is 2.00 bits per heavy atom. The van der Waals surface area contributed by atoms with E-state index in [1.807, 2.05) is 0 Å². The number of halogens is 1. The Morgan fingerprint density at radius 3 is 2.64 bits per heavy atom. The highest BCUT2D eigenvalue weighted by Crippen LogP contribution is 2.25. The Morgan fingerprint density at radius 1 is 1.29 bits per heavy atom. The number of carbonyl (C=O) groups is 2. The molecule has 3 rings (SSSR count). The molecule has 1 aliphatic rings. The lowest BCUT2D eigenvalue weighted by Crippen LogP contribution is -2.33. The molecule has 1 unspecified atom stereocenters. The standard InChI is InChI=1S/C18H21FN6O3/c1-24(2)17-21-14(22-18(23-17)28-3)9-20-16(27)11-8-15(26)25(10-11)13-6-4-12(19)5-7-13/h4-7,11H,8-10H2,1-3H3,(H,20,27). The van der Waals surface area contributed by atoms with Crippen LogP contribution < -0.4 is 19.9 Å². The van der Waals surface area contributed by atoms with Crippen LogP contribution in [0.3, 0.4) is 0 Å². The maximum atomic E-state index is 13.1. The molecule has 1 saturated heterocycles. The van der Waals surface area contributed by atoms with Gasteiger partial charge in [-0.3, -0.25) is 9.59 Å². The molecule has 2 aromatic rings. The lowest BCUT2D eigenvalue weighted by atomic mass is 10.1. The molecular weight excluding hydrogens is 367 g/mol. The number of rotatable bonds is 6. The fourth-order valence-corrected chi connectivity index (χ4v) is 2.82. The summed E-state index contributed by atoms with van der Waals surface area (Å²) in [5.41, 5.74) is 0.569. The van der Waals surface area contributed by atoms with E-state index in [9.17, 15) is 14.0 Å². The third-order valence-electron chi connectivity index (χ3n) is 4.29. The minimum atomic E-state index is -0.505. The van der Waals surface area contributed by atoms with E-state index in [4.69, 9.17) is 4.74 Å². The van der Waals surface area contributed by atoms with Crippen LogP contribution in [0, 0.1) is 11.7 Å². The molecule has 1 atom stereocenters. The van der Waals surface area contributed by atoms with Gasteiger partial charge >= 0.3 is 6.01 Å². The SMILES string of the molecule is COc1nc(CNC(=O)C2CC(=O)N(c3ccc(F)cc3)C2)nc(N(C)C)n1. The summed E-state index contributed by atoms with van der Waals surface area (Å²) in [6.07, 6.45) is 0.0900. The van der Waals surface area contributed by atoms with Crippen LogP contribution in [0.2, 0.25) is 0 Å². The summed E-state index contributed by atoms with van der Waals surface area (Å²) in [6, 6.07) is 5.77. The van der Waals surface area contributed by atoms with Crippen molar-refractivity contribution < 1.29 is 18.7 Å².